The van der Waals surface area contributed by atoms with Gasteiger partial charge in [-0.15, -0.1) is 0 Å². The predicted octanol–water partition coefficient (Wildman–Crippen LogP) is 28.6. The Morgan fingerprint density at radius 2 is 0.345 bits per heavy atom. The zero-order valence-electron chi connectivity index (χ0n) is 61.4. The summed E-state index contributed by atoms with van der Waals surface area (Å²) in [4.78, 5) is 0. The predicted molar refractivity (Wildman–Crippen MR) is 489 cm³/mol. The summed E-state index contributed by atoms with van der Waals surface area (Å²) >= 11 is 0. The van der Waals surface area contributed by atoms with Crippen LogP contribution in [0.4, 0.5) is 0 Å². The molecule has 0 amide bonds. The third kappa shape index (κ3) is 5.56. The summed E-state index contributed by atoms with van der Waals surface area (Å²) in [6, 6.07) is 118. The van der Waals surface area contributed by atoms with Gasteiger partial charge in [0.15, 0.2) is 0 Å². The molecule has 0 radical (unpaired) electrons. The van der Waals surface area contributed by atoms with Crippen molar-refractivity contribution in [3.05, 3.63) is 303 Å². The summed E-state index contributed by atoms with van der Waals surface area (Å²) in [6.45, 7) is 0. The summed E-state index contributed by atoms with van der Waals surface area (Å²) in [5, 5.41) is 41.6. The molecule has 0 aliphatic heterocycles. The van der Waals surface area contributed by atoms with Crippen LogP contribution in [-0.4, -0.2) is 35.2 Å². The Hall–Kier alpha value is -15.6. The Balaban J connectivity index is 0.573. The molecular weight excluding hydrogens is 1410 g/mol. The quantitative estimate of drug-likeness (QED) is 0.157. The van der Waals surface area contributed by atoms with Gasteiger partial charge < -0.3 is 35.2 Å². The van der Waals surface area contributed by atoms with Gasteiger partial charge in [-0.05, 0) is 114 Å². The van der Waals surface area contributed by atoms with Crippen LogP contribution in [0.5, 0.6) is 0 Å². The van der Waals surface area contributed by atoms with Crippen molar-refractivity contribution in [1.82, 2.24) is 35.2 Å². The van der Waals surface area contributed by atoms with Crippen molar-refractivity contribution >= 4 is 305 Å². The second kappa shape index (κ2) is 17.8. The van der Waals surface area contributed by atoms with Crippen molar-refractivity contribution in [2.24, 2.45) is 0 Å². The number of aromatic nitrogens is 8. The molecule has 0 unspecified atom stereocenters. The summed E-state index contributed by atoms with van der Waals surface area (Å²) in [5.41, 5.74) is 32.8. The standard InChI is InChI=1S/C108H50N8/c1-5-33-76-53(16-1)57-21-9-27-63-93-82(109(76)101(57)63)40-42-84-95(93)65-29-12-24-60-70-46-87-71(45-86(70)114(84)104(60)65)61-25-13-30-66-96-85(115(87)105(61)66)43-41-83-94(96)64-28-11-23-59-69-44-51(38-39-80(69)110(83)103(59)64)52-20-15-37-81-92(52)62-26-14-32-68-98-91(116(81)106(62)68)48-73-56-19-4-8-36-79(56)112-89-49-74-88(50-75(89)100(98)108(73)112)111-78-35-7-3-18-55(78)72-47-90-97(99(74)107(72)111)67-31-10-22-58-54-17-2-6-34-77(54)113(90)102(58)67/h1-50H. The smallest absolute Gasteiger partial charge is 0.0628 e. The summed E-state index contributed by atoms with van der Waals surface area (Å²) in [5.74, 6) is 0. The number of hydrogen-bond acceptors (Lipinski definition) is 0. The van der Waals surface area contributed by atoms with Crippen LogP contribution in [0.1, 0.15) is 0 Å². The molecule has 34 rings (SSSR count). The van der Waals surface area contributed by atoms with Gasteiger partial charge in [-0.3, -0.25) is 0 Å². The first-order valence-electron chi connectivity index (χ1n) is 40.7. The van der Waals surface area contributed by atoms with Gasteiger partial charge in [-0.1, -0.05) is 200 Å². The second-order valence-electron chi connectivity index (χ2n) is 34.0. The Bertz CT molecular complexity index is 10800. The molecule has 0 atom stereocenters. The van der Waals surface area contributed by atoms with Crippen molar-refractivity contribution in [1.29, 1.82) is 0 Å². The van der Waals surface area contributed by atoms with E-state index in [1.807, 2.05) is 0 Å². The fourth-order valence-corrected chi connectivity index (χ4v) is 25.5. The minimum absolute atomic E-state index is 1.22. The maximum atomic E-state index is 2.63. The van der Waals surface area contributed by atoms with Crippen molar-refractivity contribution in [3.63, 3.8) is 0 Å². The molecule has 16 aromatic heterocycles. The van der Waals surface area contributed by atoms with E-state index in [9.17, 15) is 0 Å². The molecule has 0 aliphatic carbocycles. The first-order valence-corrected chi connectivity index (χ1v) is 40.7. The van der Waals surface area contributed by atoms with E-state index < -0.39 is 0 Å². The van der Waals surface area contributed by atoms with E-state index in [0.717, 1.165) is 0 Å². The van der Waals surface area contributed by atoms with Crippen LogP contribution in [0.2, 0.25) is 0 Å². The first kappa shape index (κ1) is 55.7. The largest absolute Gasteiger partial charge is 0.308 e. The van der Waals surface area contributed by atoms with E-state index in [4.69, 9.17) is 0 Å². The second-order valence-corrected chi connectivity index (χ2v) is 34.0. The molecule has 116 heavy (non-hydrogen) atoms. The van der Waals surface area contributed by atoms with Crippen LogP contribution in [-0.2, 0) is 0 Å². The van der Waals surface area contributed by atoms with Crippen molar-refractivity contribution in [2.75, 3.05) is 0 Å². The Labute approximate surface area is 650 Å². The maximum absolute atomic E-state index is 2.63. The highest BCUT2D eigenvalue weighted by atomic mass is 15.0. The molecule has 0 spiro atoms. The molecule has 34 aromatic rings. The molecule has 0 bridgehead atoms. The Morgan fingerprint density at radius 3 is 0.759 bits per heavy atom. The zero-order valence-corrected chi connectivity index (χ0v) is 61.4. The molecule has 16 heterocycles. The molecule has 522 valence electrons. The number of hydrogen-bond donors (Lipinski definition) is 0. The first-order chi connectivity index (χ1) is 57.6. The number of rotatable bonds is 1. The molecule has 0 saturated heterocycles. The highest BCUT2D eigenvalue weighted by molar-refractivity contribution is 6.45. The van der Waals surface area contributed by atoms with Crippen LogP contribution < -0.4 is 0 Å². The maximum Gasteiger partial charge on any atom is 0.0628 e. The van der Waals surface area contributed by atoms with Crippen LogP contribution in [0.25, 0.3) is 316 Å². The van der Waals surface area contributed by atoms with Gasteiger partial charge in [0.2, 0.25) is 0 Å². The normalized spacial score (nSPS) is 13.7. The van der Waals surface area contributed by atoms with E-state index in [2.05, 4.69) is 339 Å². The van der Waals surface area contributed by atoms with Gasteiger partial charge in [-0.2, -0.15) is 0 Å². The fraction of sp³-hybridized carbons (Fsp3) is 0. The molecular formula is C108H50N8. The van der Waals surface area contributed by atoms with E-state index in [1.165, 1.54) is 316 Å². The summed E-state index contributed by atoms with van der Waals surface area (Å²) in [6.07, 6.45) is 0. The van der Waals surface area contributed by atoms with Crippen LogP contribution in [0.15, 0.2) is 303 Å². The highest BCUT2D eigenvalue weighted by Crippen LogP contribution is 2.57. The number of nitrogens with zero attached hydrogens (tertiary/aromatic N) is 8. The van der Waals surface area contributed by atoms with Gasteiger partial charge in [-0.25, -0.2) is 0 Å². The topological polar surface area (TPSA) is 35.3 Å². The number of para-hydroxylation sites is 10. The van der Waals surface area contributed by atoms with E-state index in [1.54, 1.807) is 0 Å². The van der Waals surface area contributed by atoms with Gasteiger partial charge >= 0.3 is 0 Å². The van der Waals surface area contributed by atoms with Crippen molar-refractivity contribution in [3.8, 4) is 11.1 Å². The number of fused-ring (bicyclic) bond motifs is 52. The minimum Gasteiger partial charge on any atom is -0.308 e. The van der Waals surface area contributed by atoms with Crippen LogP contribution in [0.3, 0.4) is 0 Å². The molecule has 0 saturated carbocycles. The summed E-state index contributed by atoms with van der Waals surface area (Å²) in [7, 11) is 0. The van der Waals surface area contributed by atoms with Crippen LogP contribution in [0, 0.1) is 0 Å². The third-order valence-corrected chi connectivity index (χ3v) is 29.4. The molecule has 0 fully saturated rings. The van der Waals surface area contributed by atoms with Gasteiger partial charge in [0.25, 0.3) is 0 Å². The molecule has 18 aromatic carbocycles. The van der Waals surface area contributed by atoms with Crippen molar-refractivity contribution in [2.45, 2.75) is 0 Å². The monoisotopic (exact) mass is 1460 g/mol. The lowest BCUT2D eigenvalue weighted by molar-refractivity contribution is 1.35. The van der Waals surface area contributed by atoms with E-state index >= 15 is 0 Å². The van der Waals surface area contributed by atoms with E-state index in [-0.39, 0.29) is 0 Å². The van der Waals surface area contributed by atoms with Gasteiger partial charge in [0.1, 0.15) is 0 Å². The fourth-order valence-electron chi connectivity index (χ4n) is 25.5. The summed E-state index contributed by atoms with van der Waals surface area (Å²) < 4.78 is 20.7. The lowest BCUT2D eigenvalue weighted by Crippen LogP contribution is -1.86. The minimum atomic E-state index is 1.22. The van der Waals surface area contributed by atoms with Gasteiger partial charge in [0.05, 0.1) is 132 Å². The number of benzene rings is 18. The molecule has 8 heteroatoms. The van der Waals surface area contributed by atoms with E-state index in [0.29, 0.717) is 0 Å². The average Bonchev–Trinajstić information content (AvgIpc) is 1.49. The molecule has 0 N–H and O–H groups in total. The SMILES string of the molecule is c1ccc2c(c1)c1cccc3c4c5c6cccc7c8cc9c(cc8n(c5ccc4n2c13)c76)c1cccc2c3c4c5cccc6c7cc(-c8cccc%10c8c8cccc%11c%12c%13c%14cc%15c(cc%14n%14c%16ccccc%16c(cc%12n%10c8%11)c%13%14)c8c%10c%11cccc%12c%13ccccc%13n(c%10cc%10c%13ccccc%13n%15c%108)c%12%11)ccc7n(c4ccc3n9c12)c65. The van der Waals surface area contributed by atoms with Crippen molar-refractivity contribution < 1.29 is 0 Å². The molecule has 0 aliphatic rings. The average molecular weight is 1460 g/mol. The lowest BCUT2D eigenvalue weighted by Gasteiger charge is -2.08. The lowest BCUT2D eigenvalue weighted by atomic mass is 9.96. The Morgan fingerprint density at radius 1 is 0.112 bits per heavy atom. The van der Waals surface area contributed by atoms with Gasteiger partial charge in [0, 0.05) is 172 Å². The van der Waals surface area contributed by atoms with Crippen LogP contribution >= 0.6 is 0 Å². The highest BCUT2D eigenvalue weighted by Gasteiger charge is 2.34. The zero-order chi connectivity index (χ0) is 73.5. The Kier molecular flexibility index (Phi) is 8.55. The third-order valence-electron chi connectivity index (χ3n) is 29.4. The molecule has 8 nitrogen and oxygen atoms in total.